The van der Waals surface area contributed by atoms with Gasteiger partial charge in [-0.25, -0.2) is 9.80 Å². The molecule has 27 heavy (non-hydrogen) atoms. The number of benzene rings is 2. The number of anilines is 1. The second kappa shape index (κ2) is 7.20. The number of esters is 1. The van der Waals surface area contributed by atoms with E-state index in [1.807, 2.05) is 6.07 Å². The number of amides is 1. The molecule has 0 unspecified atom stereocenters. The zero-order valence-electron chi connectivity index (χ0n) is 14.1. The summed E-state index contributed by atoms with van der Waals surface area (Å²) in [5.41, 5.74) is 1.51. The van der Waals surface area contributed by atoms with Crippen molar-refractivity contribution in [1.29, 1.82) is 0 Å². The first kappa shape index (κ1) is 16.6. The fourth-order valence-corrected chi connectivity index (χ4v) is 2.60. The molecule has 4 rings (SSSR count). The normalized spacial score (nSPS) is 14.0. The third-order valence-electron chi connectivity index (χ3n) is 3.94. The minimum absolute atomic E-state index is 0.165. The Hall–Kier alpha value is -3.81. The average Bonchev–Trinajstić information content (AvgIpc) is 3.24. The standard InChI is InChI=1S/C19H14N4O4/c24-17-11-10-16(22-23(17)14-4-2-1-3-5-14)19(25)27-15-8-6-13(7-9-15)18-21-20-12-26-18/h1-9,12H,10-11H2. The second-order valence-corrected chi connectivity index (χ2v) is 5.75. The Morgan fingerprint density at radius 2 is 1.81 bits per heavy atom. The third kappa shape index (κ3) is 3.59. The number of hydrogen-bond acceptors (Lipinski definition) is 7. The van der Waals surface area contributed by atoms with Crippen molar-refractivity contribution in [2.75, 3.05) is 5.01 Å². The smallest absolute Gasteiger partial charge is 0.359 e. The lowest BCUT2D eigenvalue weighted by molar-refractivity contribution is -0.127. The van der Waals surface area contributed by atoms with Gasteiger partial charge in [-0.1, -0.05) is 18.2 Å². The van der Waals surface area contributed by atoms with Crippen molar-refractivity contribution >= 4 is 23.3 Å². The van der Waals surface area contributed by atoms with E-state index in [1.54, 1.807) is 48.5 Å². The molecule has 2 aromatic carbocycles. The number of para-hydroxylation sites is 1. The molecule has 134 valence electrons. The Bertz CT molecular complexity index is 982. The van der Waals surface area contributed by atoms with E-state index < -0.39 is 5.97 Å². The van der Waals surface area contributed by atoms with Crippen LogP contribution in [0.15, 0.2) is 70.5 Å². The maximum atomic E-state index is 12.4. The van der Waals surface area contributed by atoms with E-state index >= 15 is 0 Å². The van der Waals surface area contributed by atoms with Crippen LogP contribution in [0.1, 0.15) is 12.8 Å². The number of hydrogen-bond donors (Lipinski definition) is 0. The topological polar surface area (TPSA) is 97.9 Å². The molecule has 3 aromatic rings. The monoisotopic (exact) mass is 362 g/mol. The van der Waals surface area contributed by atoms with Crippen LogP contribution in [0.3, 0.4) is 0 Å². The molecule has 0 radical (unpaired) electrons. The first-order chi connectivity index (χ1) is 13.2. The minimum Gasteiger partial charge on any atom is -0.423 e. The highest BCUT2D eigenvalue weighted by Gasteiger charge is 2.26. The summed E-state index contributed by atoms with van der Waals surface area (Å²) >= 11 is 0. The molecule has 0 N–H and O–H groups in total. The fourth-order valence-electron chi connectivity index (χ4n) is 2.60. The fraction of sp³-hybridized carbons (Fsp3) is 0.105. The van der Waals surface area contributed by atoms with Crippen LogP contribution >= 0.6 is 0 Å². The molecular weight excluding hydrogens is 348 g/mol. The summed E-state index contributed by atoms with van der Waals surface area (Å²) < 4.78 is 10.5. The molecule has 1 amide bonds. The summed E-state index contributed by atoms with van der Waals surface area (Å²) in [4.78, 5) is 24.6. The molecule has 0 aliphatic carbocycles. The molecule has 8 nitrogen and oxygen atoms in total. The van der Waals surface area contributed by atoms with Gasteiger partial charge in [0.15, 0.2) is 0 Å². The summed E-state index contributed by atoms with van der Waals surface area (Å²) in [5, 5.41) is 12.8. The summed E-state index contributed by atoms with van der Waals surface area (Å²) in [6.45, 7) is 0. The van der Waals surface area contributed by atoms with Crippen molar-refractivity contribution in [2.24, 2.45) is 5.10 Å². The van der Waals surface area contributed by atoms with Crippen LogP contribution in [-0.4, -0.2) is 27.8 Å². The van der Waals surface area contributed by atoms with Crippen molar-refractivity contribution in [3.63, 3.8) is 0 Å². The van der Waals surface area contributed by atoms with E-state index in [0.29, 0.717) is 22.9 Å². The van der Waals surface area contributed by atoms with Crippen LogP contribution in [0.5, 0.6) is 5.75 Å². The number of rotatable bonds is 4. The Labute approximate surface area is 154 Å². The number of hydrazone groups is 1. The van der Waals surface area contributed by atoms with Crippen LogP contribution in [0, 0.1) is 0 Å². The van der Waals surface area contributed by atoms with Crippen LogP contribution in [-0.2, 0) is 9.59 Å². The van der Waals surface area contributed by atoms with Crippen molar-refractivity contribution in [3.05, 3.63) is 61.0 Å². The van der Waals surface area contributed by atoms with Gasteiger partial charge in [0, 0.05) is 18.4 Å². The third-order valence-corrected chi connectivity index (χ3v) is 3.94. The van der Waals surface area contributed by atoms with Gasteiger partial charge in [-0.05, 0) is 36.4 Å². The van der Waals surface area contributed by atoms with Crippen LogP contribution in [0.25, 0.3) is 11.5 Å². The minimum atomic E-state index is -0.589. The summed E-state index contributed by atoms with van der Waals surface area (Å²) in [7, 11) is 0. The van der Waals surface area contributed by atoms with Gasteiger partial charge in [-0.15, -0.1) is 10.2 Å². The lowest BCUT2D eigenvalue weighted by atomic mass is 10.1. The molecule has 1 aromatic heterocycles. The summed E-state index contributed by atoms with van der Waals surface area (Å²) in [5.74, 6) is -0.0219. The van der Waals surface area contributed by atoms with Gasteiger partial charge in [0.1, 0.15) is 11.5 Å². The molecule has 0 fully saturated rings. The largest absolute Gasteiger partial charge is 0.423 e. The predicted molar refractivity (Wildman–Crippen MR) is 96.0 cm³/mol. The number of aromatic nitrogens is 2. The van der Waals surface area contributed by atoms with E-state index in [4.69, 9.17) is 9.15 Å². The number of ether oxygens (including phenoxy) is 1. The van der Waals surface area contributed by atoms with Gasteiger partial charge < -0.3 is 9.15 Å². The Kier molecular flexibility index (Phi) is 4.44. The van der Waals surface area contributed by atoms with Crippen LogP contribution in [0.2, 0.25) is 0 Å². The van der Waals surface area contributed by atoms with Crippen molar-refractivity contribution in [1.82, 2.24) is 10.2 Å². The van der Waals surface area contributed by atoms with Gasteiger partial charge in [-0.2, -0.15) is 5.10 Å². The molecule has 0 bridgehead atoms. The lowest BCUT2D eigenvalue weighted by Gasteiger charge is -2.22. The van der Waals surface area contributed by atoms with E-state index in [2.05, 4.69) is 15.3 Å². The zero-order chi connectivity index (χ0) is 18.6. The number of carbonyl (C=O) groups is 2. The van der Waals surface area contributed by atoms with E-state index in [9.17, 15) is 9.59 Å². The molecule has 1 aliphatic heterocycles. The Balaban J connectivity index is 1.50. The maximum absolute atomic E-state index is 12.4. The zero-order valence-corrected chi connectivity index (χ0v) is 14.1. The van der Waals surface area contributed by atoms with E-state index in [-0.39, 0.29) is 24.5 Å². The van der Waals surface area contributed by atoms with Gasteiger partial charge in [0.05, 0.1) is 5.69 Å². The average molecular weight is 362 g/mol. The Morgan fingerprint density at radius 1 is 1.04 bits per heavy atom. The first-order valence-corrected chi connectivity index (χ1v) is 8.25. The summed E-state index contributed by atoms with van der Waals surface area (Å²) in [6.07, 6.45) is 1.67. The SMILES string of the molecule is O=C(Oc1ccc(-c2nnco2)cc1)C1=NN(c2ccccc2)C(=O)CC1. The van der Waals surface area contributed by atoms with Crippen molar-refractivity contribution in [2.45, 2.75) is 12.8 Å². The van der Waals surface area contributed by atoms with Crippen molar-refractivity contribution in [3.8, 4) is 17.2 Å². The highest BCUT2D eigenvalue weighted by molar-refractivity contribution is 6.38. The molecule has 8 heteroatoms. The highest BCUT2D eigenvalue weighted by Crippen LogP contribution is 2.22. The first-order valence-electron chi connectivity index (χ1n) is 8.25. The molecule has 0 spiro atoms. The van der Waals surface area contributed by atoms with Gasteiger partial charge in [0.2, 0.25) is 18.2 Å². The van der Waals surface area contributed by atoms with Gasteiger partial charge in [-0.3, -0.25) is 4.79 Å². The molecule has 0 saturated carbocycles. The van der Waals surface area contributed by atoms with E-state index in [0.717, 1.165) is 0 Å². The molecule has 1 aliphatic rings. The molecular formula is C19H14N4O4. The predicted octanol–water partition coefficient (Wildman–Crippen LogP) is 2.83. The van der Waals surface area contributed by atoms with Crippen LogP contribution < -0.4 is 9.75 Å². The van der Waals surface area contributed by atoms with Gasteiger partial charge in [0.25, 0.3) is 0 Å². The number of nitrogens with zero attached hydrogens (tertiary/aromatic N) is 4. The van der Waals surface area contributed by atoms with Crippen molar-refractivity contribution < 1.29 is 18.7 Å². The quantitative estimate of drug-likeness (QED) is 0.523. The lowest BCUT2D eigenvalue weighted by Crippen LogP contribution is -2.35. The second-order valence-electron chi connectivity index (χ2n) is 5.75. The summed E-state index contributed by atoms with van der Waals surface area (Å²) in [6, 6.07) is 15.6. The van der Waals surface area contributed by atoms with E-state index in [1.165, 1.54) is 11.4 Å². The maximum Gasteiger partial charge on any atom is 0.359 e. The molecule has 2 heterocycles. The highest BCUT2D eigenvalue weighted by atomic mass is 16.5. The van der Waals surface area contributed by atoms with Crippen LogP contribution in [0.4, 0.5) is 5.69 Å². The molecule has 0 saturated heterocycles. The Morgan fingerprint density at radius 3 is 2.52 bits per heavy atom. The molecule has 0 atom stereocenters. The van der Waals surface area contributed by atoms with Gasteiger partial charge >= 0.3 is 5.97 Å². The number of carbonyl (C=O) groups excluding carboxylic acids is 2.